The number of benzene rings is 1. The van der Waals surface area contributed by atoms with Crippen molar-refractivity contribution in [2.45, 2.75) is 0 Å². The quantitative estimate of drug-likeness (QED) is 0.714. The maximum atomic E-state index is 11.1. The van der Waals surface area contributed by atoms with Gasteiger partial charge in [0.25, 0.3) is 0 Å². The zero-order chi connectivity index (χ0) is 12.2. The largest absolute Gasteiger partial charge is 0.480 e. The fraction of sp³-hybridized carbons (Fsp3) is 0.222. The number of hydrogen-bond acceptors (Lipinski definition) is 4. The van der Waals surface area contributed by atoms with Gasteiger partial charge in [0.05, 0.1) is 11.9 Å². The summed E-state index contributed by atoms with van der Waals surface area (Å²) in [6.45, 7) is -0.447. The maximum Gasteiger partial charge on any atom is 0.324 e. The number of hydrazine groups is 1. The van der Waals surface area contributed by atoms with Crippen LogP contribution in [0.4, 0.5) is 5.69 Å². The molecule has 0 radical (unpaired) electrons. The SMILES string of the molecule is CS(=O)(=O)NN(CC(=O)O)c1ccccc1. The molecule has 0 heterocycles. The number of rotatable bonds is 5. The van der Waals surface area contributed by atoms with Crippen LogP contribution >= 0.6 is 0 Å². The van der Waals surface area contributed by atoms with E-state index in [1.54, 1.807) is 30.3 Å². The Balaban J connectivity index is 2.92. The van der Waals surface area contributed by atoms with E-state index in [9.17, 15) is 13.2 Å². The highest BCUT2D eigenvalue weighted by Gasteiger charge is 2.14. The number of aliphatic carboxylic acids is 1. The second-order valence-electron chi connectivity index (χ2n) is 3.18. The van der Waals surface area contributed by atoms with Crippen molar-refractivity contribution in [3.63, 3.8) is 0 Å². The van der Waals surface area contributed by atoms with Crippen LogP contribution < -0.4 is 9.84 Å². The van der Waals surface area contributed by atoms with Gasteiger partial charge in [-0.2, -0.15) is 0 Å². The van der Waals surface area contributed by atoms with Crippen molar-refractivity contribution in [2.24, 2.45) is 0 Å². The normalized spacial score (nSPS) is 11.1. The van der Waals surface area contributed by atoms with Gasteiger partial charge in [0.2, 0.25) is 10.0 Å². The van der Waals surface area contributed by atoms with E-state index < -0.39 is 22.5 Å². The molecule has 0 aliphatic carbocycles. The van der Waals surface area contributed by atoms with Crippen LogP contribution in [-0.2, 0) is 14.8 Å². The third-order valence-corrected chi connectivity index (χ3v) is 2.19. The van der Waals surface area contributed by atoms with E-state index in [2.05, 4.69) is 4.83 Å². The fourth-order valence-electron chi connectivity index (χ4n) is 1.12. The predicted octanol–water partition coefficient (Wildman–Crippen LogP) is 0.0418. The molecule has 88 valence electrons. The Kier molecular flexibility index (Phi) is 3.86. The third kappa shape index (κ3) is 4.28. The Labute approximate surface area is 93.5 Å². The number of hydrogen-bond donors (Lipinski definition) is 2. The van der Waals surface area contributed by atoms with Gasteiger partial charge in [-0.15, -0.1) is 4.83 Å². The first-order valence-electron chi connectivity index (χ1n) is 4.40. The van der Waals surface area contributed by atoms with E-state index in [0.29, 0.717) is 5.69 Å². The molecule has 7 heteroatoms. The highest BCUT2D eigenvalue weighted by atomic mass is 32.2. The summed E-state index contributed by atoms with van der Waals surface area (Å²) in [5.41, 5.74) is 0.468. The Morgan fingerprint density at radius 3 is 2.38 bits per heavy atom. The molecule has 1 rings (SSSR count). The number of carboxylic acid groups (broad SMARTS) is 1. The van der Waals surface area contributed by atoms with Gasteiger partial charge in [-0.25, -0.2) is 8.42 Å². The molecule has 0 saturated heterocycles. The van der Waals surface area contributed by atoms with Crippen LogP contribution in [0.2, 0.25) is 0 Å². The van der Waals surface area contributed by atoms with Gasteiger partial charge in [-0.1, -0.05) is 18.2 Å². The Hall–Kier alpha value is -1.60. The number of sulfonamides is 1. The van der Waals surface area contributed by atoms with Crippen LogP contribution in [0.15, 0.2) is 30.3 Å². The van der Waals surface area contributed by atoms with Gasteiger partial charge in [0.15, 0.2) is 0 Å². The van der Waals surface area contributed by atoms with Crippen molar-refractivity contribution < 1.29 is 18.3 Å². The van der Waals surface area contributed by atoms with Gasteiger partial charge >= 0.3 is 5.97 Å². The molecule has 0 aliphatic heterocycles. The van der Waals surface area contributed by atoms with Crippen LogP contribution in [0.3, 0.4) is 0 Å². The number of carbonyl (C=O) groups is 1. The van der Waals surface area contributed by atoms with Gasteiger partial charge in [-0.05, 0) is 12.1 Å². The first-order valence-corrected chi connectivity index (χ1v) is 6.29. The predicted molar refractivity (Wildman–Crippen MR) is 59.4 cm³/mol. The lowest BCUT2D eigenvalue weighted by Crippen LogP contribution is -2.44. The minimum absolute atomic E-state index is 0.447. The average Bonchev–Trinajstić information content (AvgIpc) is 2.15. The molecular formula is C9H12N2O4S. The van der Waals surface area contributed by atoms with E-state index in [-0.39, 0.29) is 0 Å². The molecule has 0 atom stereocenters. The highest BCUT2D eigenvalue weighted by molar-refractivity contribution is 7.88. The molecule has 1 aromatic carbocycles. The second-order valence-corrected chi connectivity index (χ2v) is 4.91. The summed E-state index contributed by atoms with van der Waals surface area (Å²) in [7, 11) is -3.50. The molecule has 2 N–H and O–H groups in total. The van der Waals surface area contributed by atoms with Crippen LogP contribution in [0, 0.1) is 0 Å². The maximum absolute atomic E-state index is 11.1. The molecule has 0 fully saturated rings. The lowest BCUT2D eigenvalue weighted by atomic mass is 10.3. The first-order chi connectivity index (χ1) is 7.38. The van der Waals surface area contributed by atoms with Crippen molar-refractivity contribution in [3.05, 3.63) is 30.3 Å². The van der Waals surface area contributed by atoms with Gasteiger partial charge in [0.1, 0.15) is 6.54 Å². The zero-order valence-electron chi connectivity index (χ0n) is 8.62. The van der Waals surface area contributed by atoms with E-state index in [0.717, 1.165) is 11.3 Å². The summed E-state index contributed by atoms with van der Waals surface area (Å²) in [6, 6.07) is 8.35. The van der Waals surface area contributed by atoms with E-state index in [1.165, 1.54) is 0 Å². The summed E-state index contributed by atoms with van der Waals surface area (Å²) >= 11 is 0. The minimum atomic E-state index is -3.50. The summed E-state index contributed by atoms with van der Waals surface area (Å²) < 4.78 is 22.1. The molecule has 1 aromatic rings. The van der Waals surface area contributed by atoms with Crippen LogP contribution in [0.1, 0.15) is 0 Å². The fourth-order valence-corrected chi connectivity index (χ4v) is 1.69. The van der Waals surface area contributed by atoms with Crippen LogP contribution in [0.5, 0.6) is 0 Å². The topological polar surface area (TPSA) is 86.7 Å². The number of nitrogens with one attached hydrogen (secondary N) is 1. The smallest absolute Gasteiger partial charge is 0.324 e. The third-order valence-electron chi connectivity index (χ3n) is 1.64. The van der Waals surface area contributed by atoms with Gasteiger partial charge in [0, 0.05) is 0 Å². The molecule has 0 aromatic heterocycles. The lowest BCUT2D eigenvalue weighted by Gasteiger charge is -2.22. The van der Waals surface area contributed by atoms with Crippen LogP contribution in [-0.4, -0.2) is 32.3 Å². The molecule has 16 heavy (non-hydrogen) atoms. The Morgan fingerprint density at radius 2 is 1.94 bits per heavy atom. The summed E-state index contributed by atoms with van der Waals surface area (Å²) in [5.74, 6) is -1.12. The molecule has 0 aliphatic rings. The number of nitrogens with zero attached hydrogens (tertiary/aromatic N) is 1. The average molecular weight is 244 g/mol. The van der Waals surface area contributed by atoms with Crippen molar-refractivity contribution >= 4 is 21.7 Å². The molecule has 0 amide bonds. The molecule has 0 spiro atoms. The first kappa shape index (κ1) is 12.5. The van der Waals surface area contributed by atoms with Crippen molar-refractivity contribution in [1.29, 1.82) is 0 Å². The molecule has 6 nitrogen and oxygen atoms in total. The zero-order valence-corrected chi connectivity index (χ0v) is 9.44. The standard InChI is InChI=1S/C9H12N2O4S/c1-16(14,15)10-11(7-9(12)13)8-5-3-2-4-6-8/h2-6,10H,7H2,1H3,(H,12,13). The summed E-state index contributed by atoms with van der Waals surface area (Å²) in [4.78, 5) is 12.7. The molecule has 0 bridgehead atoms. The summed E-state index contributed by atoms with van der Waals surface area (Å²) in [5, 5.41) is 9.72. The number of carboxylic acids is 1. The number of para-hydroxylation sites is 1. The minimum Gasteiger partial charge on any atom is -0.480 e. The van der Waals surface area contributed by atoms with Crippen LogP contribution in [0.25, 0.3) is 0 Å². The summed E-state index contributed by atoms with van der Waals surface area (Å²) in [6.07, 6.45) is 0.963. The molecule has 0 unspecified atom stereocenters. The van der Waals surface area contributed by atoms with E-state index in [1.807, 2.05) is 0 Å². The van der Waals surface area contributed by atoms with Crippen molar-refractivity contribution in [2.75, 3.05) is 17.8 Å². The molecular weight excluding hydrogens is 232 g/mol. The monoisotopic (exact) mass is 244 g/mol. The Bertz CT molecular complexity index is 458. The highest BCUT2D eigenvalue weighted by Crippen LogP contribution is 2.10. The van der Waals surface area contributed by atoms with E-state index >= 15 is 0 Å². The van der Waals surface area contributed by atoms with Gasteiger partial charge < -0.3 is 5.11 Å². The lowest BCUT2D eigenvalue weighted by molar-refractivity contribution is -0.135. The second kappa shape index (κ2) is 4.95. The van der Waals surface area contributed by atoms with Gasteiger partial charge in [-0.3, -0.25) is 9.80 Å². The van der Waals surface area contributed by atoms with Crippen molar-refractivity contribution in [1.82, 2.24) is 4.83 Å². The molecule has 0 saturated carbocycles. The number of anilines is 1. The van der Waals surface area contributed by atoms with E-state index in [4.69, 9.17) is 5.11 Å². The van der Waals surface area contributed by atoms with Crippen molar-refractivity contribution in [3.8, 4) is 0 Å². The Morgan fingerprint density at radius 1 is 1.38 bits per heavy atom.